The zero-order chi connectivity index (χ0) is 14.5. The van der Waals surface area contributed by atoms with Crippen molar-refractivity contribution in [2.45, 2.75) is 45.4 Å². The fraction of sp³-hybridized carbons (Fsp3) is 0.769. The third-order valence-corrected chi connectivity index (χ3v) is 3.41. The van der Waals surface area contributed by atoms with Crippen LogP contribution in [0.4, 0.5) is 0 Å². The smallest absolute Gasteiger partial charge is 0.239 e. The van der Waals surface area contributed by atoms with Crippen molar-refractivity contribution >= 4 is 30.7 Å². The van der Waals surface area contributed by atoms with E-state index >= 15 is 0 Å². The van der Waals surface area contributed by atoms with E-state index in [0.717, 1.165) is 5.82 Å². The maximum absolute atomic E-state index is 12.1. The third kappa shape index (κ3) is 5.39. The SMILES string of the molecule is CC(C)c1nncn1CCNC(=O)[C@H]1NCCO[C@@H]1C.Cl.Cl. The lowest BCUT2D eigenvalue weighted by Crippen LogP contribution is -2.55. The van der Waals surface area contributed by atoms with Crippen LogP contribution in [0.2, 0.25) is 0 Å². The molecule has 1 amide bonds. The molecular weight excluding hydrogens is 329 g/mol. The van der Waals surface area contributed by atoms with Crippen LogP contribution < -0.4 is 10.6 Å². The zero-order valence-corrected chi connectivity index (χ0v) is 14.7. The molecule has 0 aromatic carbocycles. The molecule has 1 aliphatic rings. The first-order chi connectivity index (χ1) is 9.59. The van der Waals surface area contributed by atoms with Crippen molar-refractivity contribution in [1.82, 2.24) is 25.4 Å². The fourth-order valence-electron chi connectivity index (χ4n) is 2.32. The van der Waals surface area contributed by atoms with Crippen molar-refractivity contribution < 1.29 is 9.53 Å². The summed E-state index contributed by atoms with van der Waals surface area (Å²) in [5, 5.41) is 14.1. The first-order valence-corrected chi connectivity index (χ1v) is 7.10. The summed E-state index contributed by atoms with van der Waals surface area (Å²) >= 11 is 0. The molecule has 0 saturated carbocycles. The summed E-state index contributed by atoms with van der Waals surface area (Å²) in [7, 11) is 0. The molecule has 7 nitrogen and oxygen atoms in total. The number of hydrogen-bond donors (Lipinski definition) is 2. The number of ether oxygens (including phenoxy) is 1. The van der Waals surface area contributed by atoms with E-state index in [0.29, 0.717) is 32.2 Å². The number of hydrogen-bond acceptors (Lipinski definition) is 5. The van der Waals surface area contributed by atoms with Gasteiger partial charge in [0.1, 0.15) is 18.2 Å². The van der Waals surface area contributed by atoms with E-state index < -0.39 is 0 Å². The van der Waals surface area contributed by atoms with Crippen molar-refractivity contribution in [1.29, 1.82) is 0 Å². The molecule has 0 unspecified atom stereocenters. The predicted octanol–water partition coefficient (Wildman–Crippen LogP) is 0.738. The summed E-state index contributed by atoms with van der Waals surface area (Å²) in [5.74, 6) is 1.24. The Balaban J connectivity index is 0.00000220. The molecule has 1 aromatic rings. The maximum Gasteiger partial charge on any atom is 0.239 e. The second-order valence-corrected chi connectivity index (χ2v) is 5.34. The number of nitrogens with one attached hydrogen (secondary N) is 2. The second kappa shape index (κ2) is 9.99. The summed E-state index contributed by atoms with van der Waals surface area (Å²) in [6.07, 6.45) is 1.61. The van der Waals surface area contributed by atoms with E-state index in [9.17, 15) is 4.79 Å². The van der Waals surface area contributed by atoms with Crippen molar-refractivity contribution in [3.05, 3.63) is 12.2 Å². The Bertz CT molecular complexity index is 455. The Morgan fingerprint density at radius 3 is 2.91 bits per heavy atom. The lowest BCUT2D eigenvalue weighted by molar-refractivity contribution is -0.128. The van der Waals surface area contributed by atoms with E-state index in [1.165, 1.54) is 0 Å². The molecule has 2 N–H and O–H groups in total. The minimum absolute atomic E-state index is 0. The number of carbonyl (C=O) groups is 1. The van der Waals surface area contributed by atoms with Crippen molar-refractivity contribution in [2.75, 3.05) is 19.7 Å². The van der Waals surface area contributed by atoms with Crippen LogP contribution >= 0.6 is 24.8 Å². The molecule has 0 aliphatic carbocycles. The molecule has 0 radical (unpaired) electrons. The van der Waals surface area contributed by atoms with Crippen LogP contribution in [-0.4, -0.2) is 52.5 Å². The van der Waals surface area contributed by atoms with Crippen LogP contribution in [0.3, 0.4) is 0 Å². The molecule has 128 valence electrons. The molecular formula is C13H25Cl2N5O2. The average molecular weight is 354 g/mol. The zero-order valence-electron chi connectivity index (χ0n) is 13.1. The van der Waals surface area contributed by atoms with Crippen LogP contribution in [0, 0.1) is 0 Å². The summed E-state index contributed by atoms with van der Waals surface area (Å²) < 4.78 is 7.44. The van der Waals surface area contributed by atoms with Gasteiger partial charge in [0.05, 0.1) is 12.7 Å². The highest BCUT2D eigenvalue weighted by molar-refractivity contribution is 5.85. The number of halogens is 2. The van der Waals surface area contributed by atoms with Gasteiger partial charge in [-0.15, -0.1) is 35.0 Å². The number of rotatable bonds is 5. The highest BCUT2D eigenvalue weighted by Crippen LogP contribution is 2.09. The summed E-state index contributed by atoms with van der Waals surface area (Å²) in [5.41, 5.74) is 0. The number of carbonyl (C=O) groups excluding carboxylic acids is 1. The molecule has 2 heterocycles. The monoisotopic (exact) mass is 353 g/mol. The van der Waals surface area contributed by atoms with Gasteiger partial charge < -0.3 is 19.9 Å². The van der Waals surface area contributed by atoms with Gasteiger partial charge in [0.25, 0.3) is 0 Å². The normalized spacial score (nSPS) is 20.9. The van der Waals surface area contributed by atoms with Gasteiger partial charge in [-0.25, -0.2) is 0 Å². The van der Waals surface area contributed by atoms with E-state index in [2.05, 4.69) is 34.7 Å². The maximum atomic E-state index is 12.1. The molecule has 2 atom stereocenters. The minimum atomic E-state index is -0.269. The molecule has 9 heteroatoms. The van der Waals surface area contributed by atoms with Gasteiger partial charge in [0.15, 0.2) is 0 Å². The number of morpholine rings is 1. The van der Waals surface area contributed by atoms with E-state index in [4.69, 9.17) is 4.74 Å². The first kappa shape index (κ1) is 21.1. The van der Waals surface area contributed by atoms with E-state index in [1.807, 2.05) is 11.5 Å². The molecule has 0 spiro atoms. The largest absolute Gasteiger partial charge is 0.375 e. The Morgan fingerprint density at radius 1 is 1.55 bits per heavy atom. The quantitative estimate of drug-likeness (QED) is 0.815. The molecule has 1 saturated heterocycles. The minimum Gasteiger partial charge on any atom is -0.375 e. The van der Waals surface area contributed by atoms with Crippen molar-refractivity contribution in [3.63, 3.8) is 0 Å². The van der Waals surface area contributed by atoms with Crippen molar-refractivity contribution in [3.8, 4) is 0 Å². The lowest BCUT2D eigenvalue weighted by atomic mass is 10.1. The Kier molecular flexibility index (Phi) is 9.59. The van der Waals surface area contributed by atoms with Crippen LogP contribution in [0.25, 0.3) is 0 Å². The highest BCUT2D eigenvalue weighted by atomic mass is 35.5. The first-order valence-electron chi connectivity index (χ1n) is 7.10. The van der Waals surface area contributed by atoms with Gasteiger partial charge in [0.2, 0.25) is 5.91 Å². The van der Waals surface area contributed by atoms with Crippen LogP contribution in [-0.2, 0) is 16.1 Å². The Morgan fingerprint density at radius 2 is 2.27 bits per heavy atom. The lowest BCUT2D eigenvalue weighted by Gasteiger charge is -2.29. The average Bonchev–Trinajstić information content (AvgIpc) is 2.87. The molecule has 2 rings (SSSR count). The molecule has 1 aromatic heterocycles. The van der Waals surface area contributed by atoms with Gasteiger partial charge in [-0.05, 0) is 6.92 Å². The summed E-state index contributed by atoms with van der Waals surface area (Å²) in [6.45, 7) is 8.66. The predicted molar refractivity (Wildman–Crippen MR) is 88.8 cm³/mol. The number of amides is 1. The Hall–Kier alpha value is -0.890. The van der Waals surface area contributed by atoms with Crippen LogP contribution in [0.1, 0.15) is 32.5 Å². The van der Waals surface area contributed by atoms with Crippen LogP contribution in [0.5, 0.6) is 0 Å². The van der Waals surface area contributed by atoms with Gasteiger partial charge in [-0.2, -0.15) is 0 Å². The number of aromatic nitrogens is 3. The van der Waals surface area contributed by atoms with Gasteiger partial charge >= 0.3 is 0 Å². The third-order valence-electron chi connectivity index (χ3n) is 3.41. The molecule has 22 heavy (non-hydrogen) atoms. The van der Waals surface area contributed by atoms with Gasteiger partial charge in [-0.1, -0.05) is 13.8 Å². The molecule has 1 fully saturated rings. The Labute approximate surface area is 143 Å². The second-order valence-electron chi connectivity index (χ2n) is 5.34. The molecule has 0 bridgehead atoms. The molecule has 1 aliphatic heterocycles. The van der Waals surface area contributed by atoms with Crippen LogP contribution in [0.15, 0.2) is 6.33 Å². The standard InChI is InChI=1S/C13H23N5O2.2ClH/c1-9(2)12-17-16-8-18(12)6-4-15-13(19)11-10(3)20-7-5-14-11;;/h8-11,14H,4-7H2,1-3H3,(H,15,19);2*1H/t10-,11+;;/m1../s1. The summed E-state index contributed by atoms with van der Waals surface area (Å²) in [6, 6.07) is -0.269. The van der Waals surface area contributed by atoms with E-state index in [-0.39, 0.29) is 42.9 Å². The summed E-state index contributed by atoms with van der Waals surface area (Å²) in [4.78, 5) is 12.1. The number of nitrogens with zero attached hydrogens (tertiary/aromatic N) is 3. The van der Waals surface area contributed by atoms with Gasteiger partial charge in [0, 0.05) is 25.6 Å². The van der Waals surface area contributed by atoms with Gasteiger partial charge in [-0.3, -0.25) is 4.79 Å². The fourth-order valence-corrected chi connectivity index (χ4v) is 2.32. The van der Waals surface area contributed by atoms with Crippen molar-refractivity contribution in [2.24, 2.45) is 0 Å². The van der Waals surface area contributed by atoms with E-state index in [1.54, 1.807) is 6.33 Å². The highest BCUT2D eigenvalue weighted by Gasteiger charge is 2.27. The topological polar surface area (TPSA) is 81.1 Å².